The van der Waals surface area contributed by atoms with Gasteiger partial charge in [0.25, 0.3) is 5.69 Å². The van der Waals surface area contributed by atoms with E-state index in [9.17, 15) is 34.4 Å². The predicted octanol–water partition coefficient (Wildman–Crippen LogP) is 6.86. The van der Waals surface area contributed by atoms with Gasteiger partial charge in [-0.1, -0.05) is 76.2 Å². The molecular formula is C48H53NO15. The monoisotopic (exact) mass is 883 g/mol. The van der Waals surface area contributed by atoms with Gasteiger partial charge in [-0.25, -0.2) is 14.4 Å². The second kappa shape index (κ2) is 17.2. The van der Waals surface area contributed by atoms with Gasteiger partial charge in [-0.05, 0) is 54.8 Å². The van der Waals surface area contributed by atoms with E-state index in [0.717, 1.165) is 12.1 Å². The molecular weight excluding hydrogens is 831 g/mol. The van der Waals surface area contributed by atoms with E-state index in [2.05, 4.69) is 0 Å². The zero-order chi connectivity index (χ0) is 46.5. The second-order valence-corrected chi connectivity index (χ2v) is 18.0. The maximum Gasteiger partial charge on any atom is 0.514 e. The first kappa shape index (κ1) is 46.0. The molecule has 16 nitrogen and oxygen atoms in total. The molecule has 0 radical (unpaired) electrons. The molecule has 2 saturated carbocycles. The van der Waals surface area contributed by atoms with Crippen molar-refractivity contribution in [3.05, 3.63) is 117 Å². The number of nitro groups is 1. The normalized spacial score (nSPS) is 31.2. The van der Waals surface area contributed by atoms with Crippen LogP contribution in [0.3, 0.4) is 0 Å². The summed E-state index contributed by atoms with van der Waals surface area (Å²) in [7, 11) is 1.46. The van der Waals surface area contributed by atoms with Gasteiger partial charge < -0.3 is 38.3 Å². The highest BCUT2D eigenvalue weighted by Crippen LogP contribution is 2.65. The van der Waals surface area contributed by atoms with Crippen LogP contribution < -0.4 is 4.74 Å². The third kappa shape index (κ3) is 7.64. The molecule has 4 aliphatic rings. The maximum absolute atomic E-state index is 15.5. The number of rotatable bonds is 11. The molecule has 64 heavy (non-hydrogen) atoms. The van der Waals surface area contributed by atoms with E-state index < -0.39 is 99.3 Å². The largest absolute Gasteiger partial charge is 0.514 e. The van der Waals surface area contributed by atoms with Crippen LogP contribution in [0.25, 0.3) is 0 Å². The molecule has 1 heterocycles. The molecule has 16 heteroatoms. The van der Waals surface area contributed by atoms with Crippen molar-refractivity contribution in [1.29, 1.82) is 0 Å². The summed E-state index contributed by atoms with van der Waals surface area (Å²) in [5.74, 6) is -6.00. The molecule has 0 aromatic heterocycles. The van der Waals surface area contributed by atoms with E-state index in [1.54, 1.807) is 102 Å². The second-order valence-electron chi connectivity index (χ2n) is 18.0. The smallest absolute Gasteiger partial charge is 0.455 e. The number of Topliss-reactive ketones (excluding diaryl/α,β-unsaturated/α-hetero) is 1. The predicted molar refractivity (Wildman–Crippen MR) is 226 cm³/mol. The summed E-state index contributed by atoms with van der Waals surface area (Å²) in [4.78, 5) is 81.6. The molecule has 3 aliphatic carbocycles. The highest BCUT2D eigenvalue weighted by atomic mass is 16.7. The summed E-state index contributed by atoms with van der Waals surface area (Å²) in [6.45, 7) is 11.3. The van der Waals surface area contributed by atoms with Gasteiger partial charge >= 0.3 is 24.1 Å². The number of aliphatic hydroxyl groups is 1. The summed E-state index contributed by atoms with van der Waals surface area (Å²) in [5.41, 5.74) is -5.28. The molecule has 1 aliphatic heterocycles. The number of nitrogens with zero attached hydrogens (tertiary/aromatic N) is 1. The van der Waals surface area contributed by atoms with Crippen LogP contribution in [0.15, 0.2) is 96.1 Å². The van der Waals surface area contributed by atoms with Crippen molar-refractivity contribution in [2.24, 2.45) is 22.7 Å². The highest BCUT2D eigenvalue weighted by molar-refractivity contribution is 5.92. The number of carbonyl (C=O) groups excluding carboxylic acids is 5. The number of hydrogen-bond acceptors (Lipinski definition) is 15. The number of ether oxygens (including phenoxy) is 7. The van der Waals surface area contributed by atoms with Crippen molar-refractivity contribution in [3.8, 4) is 5.75 Å². The molecule has 1 N–H and O–H groups in total. The fourth-order valence-electron chi connectivity index (χ4n) is 10.9. The van der Waals surface area contributed by atoms with Crippen LogP contribution in [-0.4, -0.2) is 95.3 Å². The Morgan fingerprint density at radius 2 is 1.56 bits per heavy atom. The van der Waals surface area contributed by atoms with Crippen LogP contribution in [0.1, 0.15) is 83.1 Å². The van der Waals surface area contributed by atoms with E-state index in [-0.39, 0.29) is 42.2 Å². The maximum atomic E-state index is 15.5. The molecule has 7 rings (SSSR count). The number of fused-ring (bicyclic) bond motifs is 5. The minimum Gasteiger partial charge on any atom is -0.455 e. The van der Waals surface area contributed by atoms with Gasteiger partial charge in [-0.2, -0.15) is 0 Å². The fourth-order valence-corrected chi connectivity index (χ4v) is 10.9. The molecule has 3 aromatic rings. The Morgan fingerprint density at radius 3 is 2.12 bits per heavy atom. The van der Waals surface area contributed by atoms with Crippen LogP contribution >= 0.6 is 0 Å². The Balaban J connectivity index is 1.34. The van der Waals surface area contributed by atoms with Crippen molar-refractivity contribution in [3.63, 3.8) is 0 Å². The zero-order valence-electron chi connectivity index (χ0n) is 36.9. The number of ketones is 1. The third-order valence-corrected chi connectivity index (χ3v) is 14.2. The summed E-state index contributed by atoms with van der Waals surface area (Å²) in [6.07, 6.45) is -7.75. The topological polar surface area (TPSA) is 213 Å². The number of benzene rings is 3. The number of non-ortho nitro benzene ring substituents is 1. The van der Waals surface area contributed by atoms with Gasteiger partial charge in [-0.3, -0.25) is 19.7 Å². The van der Waals surface area contributed by atoms with Gasteiger partial charge in [-0.15, -0.1) is 0 Å². The molecule has 2 bridgehead atoms. The lowest BCUT2D eigenvalue weighted by Gasteiger charge is -2.68. The molecule has 11 atom stereocenters. The third-order valence-electron chi connectivity index (χ3n) is 14.2. The van der Waals surface area contributed by atoms with E-state index in [1.807, 2.05) is 0 Å². The molecule has 0 spiro atoms. The SMILES string of the molecule is CO[C@H]1C[C@H]2OC[C@@]2(OC(C)=O)[C@H]2[C@H](OC(=O)c3ccccc3)[C@]3(O)CC(OC(=O)[C@H](OC(=O)Oc4ccc([N+](=O)[O-])cc4)[C@@H](C)c4ccccc4)C(C)=C(C(C)C(=O)[C@]12C)C3(C)C. The lowest BCUT2D eigenvalue weighted by atomic mass is 9.43. The lowest BCUT2D eigenvalue weighted by molar-refractivity contribution is -0.384. The quantitative estimate of drug-likeness (QED) is 0.0520. The highest BCUT2D eigenvalue weighted by Gasteiger charge is 2.78. The van der Waals surface area contributed by atoms with Gasteiger partial charge in [0.05, 0.1) is 34.5 Å². The first-order chi connectivity index (χ1) is 30.2. The molecule has 3 aromatic carbocycles. The summed E-state index contributed by atoms with van der Waals surface area (Å²) in [5, 5.41) is 25.0. The number of carbonyl (C=O) groups is 5. The van der Waals surface area contributed by atoms with Gasteiger partial charge in [0.15, 0.2) is 5.60 Å². The molecule has 340 valence electrons. The molecule has 1 saturated heterocycles. The summed E-state index contributed by atoms with van der Waals surface area (Å²) in [6, 6.07) is 21.5. The van der Waals surface area contributed by atoms with Crippen LogP contribution in [0.2, 0.25) is 0 Å². The molecule has 2 unspecified atom stereocenters. The van der Waals surface area contributed by atoms with Crippen molar-refractivity contribution in [1.82, 2.24) is 0 Å². The Morgan fingerprint density at radius 1 is 0.938 bits per heavy atom. The zero-order valence-corrected chi connectivity index (χ0v) is 36.9. The number of hydrogen-bond donors (Lipinski definition) is 1. The van der Waals surface area contributed by atoms with E-state index in [4.69, 9.17) is 33.2 Å². The van der Waals surface area contributed by atoms with Crippen molar-refractivity contribution >= 4 is 35.5 Å². The first-order valence-electron chi connectivity index (χ1n) is 21.2. The average molecular weight is 884 g/mol. The summed E-state index contributed by atoms with van der Waals surface area (Å²) >= 11 is 0. The minimum atomic E-state index is -2.17. The number of esters is 3. The van der Waals surface area contributed by atoms with Crippen LogP contribution in [0.5, 0.6) is 5.75 Å². The molecule has 0 amide bonds. The Hall–Kier alpha value is -5.97. The summed E-state index contributed by atoms with van der Waals surface area (Å²) < 4.78 is 42.2. The Bertz CT molecular complexity index is 2350. The van der Waals surface area contributed by atoms with Gasteiger partial charge in [0.1, 0.15) is 35.4 Å². The number of methoxy groups -OCH3 is 1. The van der Waals surface area contributed by atoms with Crippen molar-refractivity contribution in [2.75, 3.05) is 13.7 Å². The van der Waals surface area contributed by atoms with Crippen LogP contribution in [0.4, 0.5) is 10.5 Å². The first-order valence-corrected chi connectivity index (χ1v) is 21.2. The van der Waals surface area contributed by atoms with Gasteiger partial charge in [0, 0.05) is 56.3 Å². The molecule has 3 fully saturated rings. The van der Waals surface area contributed by atoms with Crippen molar-refractivity contribution in [2.45, 2.75) is 109 Å². The van der Waals surface area contributed by atoms with Crippen molar-refractivity contribution < 1.29 is 67.2 Å². The number of nitro benzene ring substituents is 1. The van der Waals surface area contributed by atoms with Crippen LogP contribution in [0, 0.1) is 32.8 Å². The van der Waals surface area contributed by atoms with E-state index in [1.165, 1.54) is 26.2 Å². The fraction of sp³-hybridized carbons (Fsp3) is 0.479. The Labute approximate surface area is 370 Å². The van der Waals surface area contributed by atoms with E-state index in [0.29, 0.717) is 16.7 Å². The van der Waals surface area contributed by atoms with E-state index >= 15 is 4.79 Å². The lowest BCUT2D eigenvalue weighted by Crippen LogP contribution is -2.81. The standard InChI is InChI=1S/C48H53NO15/c1-26(30-15-11-9-12-16-30)38(62-44(54)60-33-21-19-32(20-22-33)49(56)57)43(53)61-34-24-48(55)41(63-42(52)31-17-13-10-14-18-31)39-46(7,40(51)28(3)37(27(34)2)45(48,5)6)35(58-8)23-36-47(39,25-59-36)64-29(4)50/h9-22,26,28,34-36,38-39,41,55H,23-25H2,1-8H3/t26-,28?,34?,35-,36+,38+,39-,41-,46+,47-,48+/m0/s1. The average Bonchev–Trinajstić information content (AvgIpc) is 3.25. The van der Waals surface area contributed by atoms with Crippen LogP contribution in [-0.2, 0) is 42.8 Å². The minimum absolute atomic E-state index is 0.0849. The van der Waals surface area contributed by atoms with Gasteiger partial charge in [0.2, 0.25) is 6.10 Å². The Kier molecular flexibility index (Phi) is 12.4.